The van der Waals surface area contributed by atoms with Gasteiger partial charge in [-0.2, -0.15) is 0 Å². The van der Waals surface area contributed by atoms with Gasteiger partial charge in [0.1, 0.15) is 0 Å². The first-order chi connectivity index (χ1) is 13.4. The van der Waals surface area contributed by atoms with Gasteiger partial charge in [0, 0.05) is 36.0 Å². The fourth-order valence-electron chi connectivity index (χ4n) is 3.53. The van der Waals surface area contributed by atoms with Crippen molar-refractivity contribution in [2.45, 2.75) is 39.5 Å². The highest BCUT2D eigenvalue weighted by molar-refractivity contribution is 6.42. The molecule has 0 aliphatic carbocycles. The molecule has 0 aliphatic rings. The summed E-state index contributed by atoms with van der Waals surface area (Å²) in [7, 11) is 0. The van der Waals surface area contributed by atoms with E-state index in [1.54, 1.807) is 6.07 Å². The SMILES string of the molecule is CCc1cccc2c([C@H](CC(=O)NCC(C)C)c3ccc(Cl)c(Cl)c3)c[nH]c12. The zero-order valence-electron chi connectivity index (χ0n) is 16.5. The van der Waals surface area contributed by atoms with Gasteiger partial charge in [0.05, 0.1) is 10.0 Å². The molecule has 0 radical (unpaired) electrons. The molecular weight excluding hydrogens is 391 g/mol. The van der Waals surface area contributed by atoms with Crippen LogP contribution >= 0.6 is 23.2 Å². The lowest BCUT2D eigenvalue weighted by Gasteiger charge is -2.18. The maximum atomic E-state index is 12.7. The molecule has 0 spiro atoms. The first-order valence-corrected chi connectivity index (χ1v) is 10.5. The van der Waals surface area contributed by atoms with Crippen LogP contribution in [0.25, 0.3) is 10.9 Å². The van der Waals surface area contributed by atoms with Gasteiger partial charge >= 0.3 is 0 Å². The van der Waals surface area contributed by atoms with Crippen LogP contribution in [-0.2, 0) is 11.2 Å². The first kappa shape index (κ1) is 20.8. The summed E-state index contributed by atoms with van der Waals surface area (Å²) in [5.41, 5.74) is 4.48. The number of rotatable bonds is 7. The number of aryl methyl sites for hydroxylation is 1. The lowest BCUT2D eigenvalue weighted by Crippen LogP contribution is -2.28. The van der Waals surface area contributed by atoms with Crippen molar-refractivity contribution in [3.05, 3.63) is 69.3 Å². The van der Waals surface area contributed by atoms with E-state index in [9.17, 15) is 4.79 Å². The molecule has 3 aromatic rings. The van der Waals surface area contributed by atoms with Crippen LogP contribution in [0.15, 0.2) is 42.6 Å². The third-order valence-electron chi connectivity index (χ3n) is 5.03. The Hall–Kier alpha value is -1.97. The normalized spacial score (nSPS) is 12.5. The fourth-order valence-corrected chi connectivity index (χ4v) is 3.84. The van der Waals surface area contributed by atoms with Crippen LogP contribution in [0.5, 0.6) is 0 Å². The topological polar surface area (TPSA) is 44.9 Å². The zero-order chi connectivity index (χ0) is 20.3. The number of aromatic nitrogens is 1. The van der Waals surface area contributed by atoms with Crippen molar-refractivity contribution >= 4 is 40.0 Å². The number of carbonyl (C=O) groups is 1. The summed E-state index contributed by atoms with van der Waals surface area (Å²) >= 11 is 12.4. The molecule has 1 amide bonds. The fraction of sp³-hybridized carbons (Fsp3) is 0.348. The molecule has 0 bridgehead atoms. The monoisotopic (exact) mass is 416 g/mol. The van der Waals surface area contributed by atoms with Crippen LogP contribution in [0, 0.1) is 5.92 Å². The Balaban J connectivity index is 2.03. The van der Waals surface area contributed by atoms with Crippen LogP contribution in [-0.4, -0.2) is 17.4 Å². The number of benzene rings is 2. The molecule has 28 heavy (non-hydrogen) atoms. The van der Waals surface area contributed by atoms with Crippen molar-refractivity contribution in [3.8, 4) is 0 Å². The van der Waals surface area contributed by atoms with E-state index in [1.165, 1.54) is 5.56 Å². The summed E-state index contributed by atoms with van der Waals surface area (Å²) in [6.45, 7) is 6.98. The summed E-state index contributed by atoms with van der Waals surface area (Å²) in [5, 5.41) is 5.19. The van der Waals surface area contributed by atoms with E-state index in [0.717, 1.165) is 28.5 Å². The summed E-state index contributed by atoms with van der Waals surface area (Å²) < 4.78 is 0. The van der Waals surface area contributed by atoms with Gasteiger partial charge in [0.2, 0.25) is 5.91 Å². The van der Waals surface area contributed by atoms with Crippen molar-refractivity contribution in [3.63, 3.8) is 0 Å². The maximum Gasteiger partial charge on any atom is 0.220 e. The average Bonchev–Trinajstić information content (AvgIpc) is 3.10. The smallest absolute Gasteiger partial charge is 0.220 e. The number of fused-ring (bicyclic) bond motifs is 1. The standard InChI is InChI=1S/C23H26Cl2N2O/c1-4-15-6-5-7-17-19(13-27-23(15)17)18(11-22(28)26-12-14(2)3)16-8-9-20(24)21(25)10-16/h5-10,13-14,18,27H,4,11-12H2,1-3H3,(H,26,28)/t18-/m1/s1. The molecule has 0 saturated heterocycles. The third-order valence-corrected chi connectivity index (χ3v) is 5.77. The van der Waals surface area contributed by atoms with Gasteiger partial charge in [0.15, 0.2) is 0 Å². The summed E-state index contributed by atoms with van der Waals surface area (Å²) in [6, 6.07) is 11.9. The highest BCUT2D eigenvalue weighted by Crippen LogP contribution is 2.36. The molecule has 2 N–H and O–H groups in total. The van der Waals surface area contributed by atoms with Gasteiger partial charge in [-0.25, -0.2) is 0 Å². The number of carbonyl (C=O) groups excluding carboxylic acids is 1. The number of amides is 1. The summed E-state index contributed by atoms with van der Waals surface area (Å²) in [6.07, 6.45) is 3.32. The lowest BCUT2D eigenvalue weighted by atomic mass is 9.87. The van der Waals surface area contributed by atoms with Crippen molar-refractivity contribution < 1.29 is 4.79 Å². The minimum atomic E-state index is -0.109. The lowest BCUT2D eigenvalue weighted by molar-refractivity contribution is -0.121. The van der Waals surface area contributed by atoms with Gasteiger partial charge in [-0.1, -0.05) is 68.2 Å². The van der Waals surface area contributed by atoms with Crippen LogP contribution in [0.2, 0.25) is 10.0 Å². The van der Waals surface area contributed by atoms with Gasteiger partial charge in [-0.15, -0.1) is 0 Å². The van der Waals surface area contributed by atoms with Crippen molar-refractivity contribution in [1.82, 2.24) is 10.3 Å². The molecule has 3 rings (SSSR count). The largest absolute Gasteiger partial charge is 0.361 e. The Morgan fingerprint density at radius 2 is 1.93 bits per heavy atom. The Morgan fingerprint density at radius 1 is 1.14 bits per heavy atom. The van der Waals surface area contributed by atoms with Gasteiger partial charge in [-0.05, 0) is 41.2 Å². The predicted molar refractivity (Wildman–Crippen MR) is 118 cm³/mol. The Labute approximate surface area is 176 Å². The molecule has 3 nitrogen and oxygen atoms in total. The number of halogens is 2. The highest BCUT2D eigenvalue weighted by Gasteiger charge is 2.22. The molecule has 0 unspecified atom stereocenters. The number of H-pyrrole nitrogens is 1. The quantitative estimate of drug-likeness (QED) is 0.464. The van der Waals surface area contributed by atoms with Crippen molar-refractivity contribution in [2.75, 3.05) is 6.54 Å². The first-order valence-electron chi connectivity index (χ1n) is 9.71. The Kier molecular flexibility index (Phi) is 6.69. The second-order valence-corrected chi connectivity index (χ2v) is 8.38. The van der Waals surface area contributed by atoms with Crippen LogP contribution in [0.1, 0.15) is 49.8 Å². The highest BCUT2D eigenvalue weighted by atomic mass is 35.5. The van der Waals surface area contributed by atoms with Crippen LogP contribution < -0.4 is 5.32 Å². The van der Waals surface area contributed by atoms with E-state index in [0.29, 0.717) is 28.9 Å². The summed E-state index contributed by atoms with van der Waals surface area (Å²) in [4.78, 5) is 16.1. The number of nitrogens with one attached hydrogen (secondary N) is 2. The Morgan fingerprint density at radius 3 is 2.61 bits per heavy atom. The van der Waals surface area contributed by atoms with E-state index < -0.39 is 0 Å². The Bertz CT molecular complexity index is 978. The number of hydrogen-bond acceptors (Lipinski definition) is 1. The summed E-state index contributed by atoms with van der Waals surface area (Å²) in [5.74, 6) is 0.334. The molecular formula is C23H26Cl2N2O. The molecule has 1 atom stereocenters. The number of hydrogen-bond donors (Lipinski definition) is 2. The second-order valence-electron chi connectivity index (χ2n) is 7.57. The van der Waals surface area contributed by atoms with Gasteiger partial charge in [-0.3, -0.25) is 4.79 Å². The molecule has 1 heterocycles. The molecule has 0 fully saturated rings. The molecule has 2 aromatic carbocycles. The molecule has 5 heteroatoms. The van der Waals surface area contributed by atoms with Crippen LogP contribution in [0.3, 0.4) is 0 Å². The van der Waals surface area contributed by atoms with Gasteiger partial charge < -0.3 is 10.3 Å². The molecule has 148 valence electrons. The second kappa shape index (κ2) is 9.02. The van der Waals surface area contributed by atoms with Crippen molar-refractivity contribution in [2.24, 2.45) is 5.92 Å². The average molecular weight is 417 g/mol. The van der Waals surface area contributed by atoms with E-state index >= 15 is 0 Å². The van der Waals surface area contributed by atoms with E-state index in [2.05, 4.69) is 49.3 Å². The molecule has 1 aromatic heterocycles. The maximum absolute atomic E-state index is 12.7. The molecule has 0 aliphatic heterocycles. The van der Waals surface area contributed by atoms with Gasteiger partial charge in [0.25, 0.3) is 0 Å². The molecule has 0 saturated carbocycles. The number of para-hydroxylation sites is 1. The van der Waals surface area contributed by atoms with E-state index in [4.69, 9.17) is 23.2 Å². The third kappa shape index (κ3) is 4.53. The minimum Gasteiger partial charge on any atom is -0.361 e. The van der Waals surface area contributed by atoms with E-state index in [1.807, 2.05) is 18.3 Å². The minimum absolute atomic E-state index is 0.0331. The zero-order valence-corrected chi connectivity index (χ0v) is 18.0. The predicted octanol–water partition coefficient (Wildman–Crippen LogP) is 6.33. The van der Waals surface area contributed by atoms with E-state index in [-0.39, 0.29) is 11.8 Å². The number of aromatic amines is 1. The van der Waals surface area contributed by atoms with Crippen LogP contribution in [0.4, 0.5) is 0 Å². The van der Waals surface area contributed by atoms with Crippen molar-refractivity contribution in [1.29, 1.82) is 0 Å².